The average Bonchev–Trinajstić information content (AvgIpc) is 3.37. The van der Waals surface area contributed by atoms with E-state index in [2.05, 4.69) is 55.6 Å². The number of unbranched alkanes of at least 4 members (excludes halogenated alkanes) is 41. The molecule has 0 aliphatic heterocycles. The van der Waals surface area contributed by atoms with E-state index in [9.17, 15) is 19.4 Å². The smallest absolute Gasteiger partial charge is 0.387 e. The molecule has 0 saturated carbocycles. The van der Waals surface area contributed by atoms with E-state index in [0.717, 1.165) is 44.9 Å². The number of aliphatic hydroxyl groups excluding tert-OH is 1. The van der Waals surface area contributed by atoms with Gasteiger partial charge >= 0.3 is 7.82 Å². The number of carbonyl (C=O) groups excluding carboxylic acids is 1. The summed E-state index contributed by atoms with van der Waals surface area (Å²) in [6, 6.07) is -0.868. The van der Waals surface area contributed by atoms with Crippen molar-refractivity contribution in [3.8, 4) is 0 Å². The molecule has 3 unspecified atom stereocenters. The first kappa shape index (κ1) is 73.5. The molecule has 0 rings (SSSR count). The maximum Gasteiger partial charge on any atom is 0.472 e. The number of phosphoric ester groups is 1. The Morgan fingerprint density at radius 1 is 0.440 bits per heavy atom. The summed E-state index contributed by atoms with van der Waals surface area (Å²) in [6.45, 7) is 4.79. The minimum Gasteiger partial charge on any atom is -0.387 e. The molecule has 0 saturated heterocycles. The molecule has 3 N–H and O–H groups in total. The van der Waals surface area contributed by atoms with E-state index >= 15 is 0 Å². The summed E-state index contributed by atoms with van der Waals surface area (Å²) in [5.41, 5.74) is 0. The molecule has 8 nitrogen and oxygen atoms in total. The first-order valence-electron chi connectivity index (χ1n) is 32.5. The monoisotopic (exact) mass is 1080 g/mol. The molecule has 0 aromatic carbocycles. The maximum atomic E-state index is 13.0. The highest BCUT2D eigenvalue weighted by Crippen LogP contribution is 2.43. The predicted octanol–water partition coefficient (Wildman–Crippen LogP) is 20.3. The van der Waals surface area contributed by atoms with Crippen LogP contribution in [0, 0.1) is 0 Å². The number of amides is 1. The zero-order chi connectivity index (χ0) is 54.9. The number of nitrogens with zero attached hydrogens (tertiary/aromatic N) is 1. The van der Waals surface area contributed by atoms with Crippen molar-refractivity contribution < 1.29 is 32.9 Å². The number of hydrogen-bond donors (Lipinski definition) is 3. The molecule has 0 radical (unpaired) electrons. The van der Waals surface area contributed by atoms with Gasteiger partial charge in [0.1, 0.15) is 13.2 Å². The molecule has 9 heteroatoms. The summed E-state index contributed by atoms with van der Waals surface area (Å²) in [5, 5.41) is 13.9. The topological polar surface area (TPSA) is 105 Å². The lowest BCUT2D eigenvalue weighted by molar-refractivity contribution is -0.870. The van der Waals surface area contributed by atoms with E-state index in [4.69, 9.17) is 9.05 Å². The van der Waals surface area contributed by atoms with Crippen molar-refractivity contribution in [1.29, 1.82) is 0 Å². The molecule has 0 spiro atoms. The third-order valence-electron chi connectivity index (χ3n) is 14.7. The number of allylic oxidation sites excluding steroid dienone is 7. The second-order valence-corrected chi connectivity index (χ2v) is 24.9. The highest BCUT2D eigenvalue weighted by Gasteiger charge is 2.27. The van der Waals surface area contributed by atoms with Crippen LogP contribution in [0.3, 0.4) is 0 Å². The van der Waals surface area contributed by atoms with Gasteiger partial charge in [0.05, 0.1) is 39.9 Å². The quantitative estimate of drug-likeness (QED) is 0.0243. The first-order valence-corrected chi connectivity index (χ1v) is 34.0. The van der Waals surface area contributed by atoms with Crippen LogP contribution >= 0.6 is 7.82 Å². The zero-order valence-electron chi connectivity index (χ0n) is 50.6. The second kappa shape index (κ2) is 57.2. The van der Waals surface area contributed by atoms with E-state index < -0.39 is 20.0 Å². The third kappa shape index (κ3) is 60.0. The van der Waals surface area contributed by atoms with Crippen molar-refractivity contribution in [3.05, 3.63) is 48.6 Å². The van der Waals surface area contributed by atoms with E-state index in [1.165, 1.54) is 250 Å². The molecule has 75 heavy (non-hydrogen) atoms. The number of aliphatic hydroxyl groups is 1. The fourth-order valence-electron chi connectivity index (χ4n) is 9.66. The summed E-state index contributed by atoms with van der Waals surface area (Å²) in [4.78, 5) is 23.3. The fraction of sp³-hybridized carbons (Fsp3) is 0.864. The van der Waals surface area contributed by atoms with E-state index in [0.29, 0.717) is 17.4 Å². The van der Waals surface area contributed by atoms with Gasteiger partial charge in [0.2, 0.25) is 5.91 Å². The molecule has 442 valence electrons. The number of rotatable bonds is 60. The summed E-state index contributed by atoms with van der Waals surface area (Å²) >= 11 is 0. The lowest BCUT2D eigenvalue weighted by Gasteiger charge is -2.25. The van der Waals surface area contributed by atoms with Crippen LogP contribution in [-0.4, -0.2) is 73.4 Å². The molecule has 0 bridgehead atoms. The second-order valence-electron chi connectivity index (χ2n) is 23.5. The van der Waals surface area contributed by atoms with Crippen LogP contribution in [-0.2, 0) is 18.4 Å². The Labute approximate surface area is 467 Å². The van der Waals surface area contributed by atoms with E-state index in [-0.39, 0.29) is 19.1 Å². The number of quaternary nitrogens is 1. The van der Waals surface area contributed by atoms with Gasteiger partial charge in [-0.2, -0.15) is 0 Å². The molecule has 0 aromatic rings. The van der Waals surface area contributed by atoms with E-state index in [1.54, 1.807) is 6.08 Å². The molecule has 0 fully saturated rings. The van der Waals surface area contributed by atoms with Gasteiger partial charge in [-0.25, -0.2) is 4.57 Å². The molecule has 0 aliphatic rings. The SMILES string of the molecule is CCCCCC/C=C/CC/C=C/CC/C=C/C(O)C(COP(=O)(O)OCC[N+](C)(C)C)NC(=O)CCCCCCCCCCCCCCCCCCCCCCCCCCCCC/C=C\CCCCCCCCCC. The largest absolute Gasteiger partial charge is 0.472 e. The lowest BCUT2D eigenvalue weighted by Crippen LogP contribution is -2.45. The van der Waals surface area contributed by atoms with Crippen molar-refractivity contribution >= 4 is 13.7 Å². The molecular formula is C66H128N2O6P+. The Bertz CT molecular complexity index is 1360. The molecule has 0 aromatic heterocycles. The van der Waals surface area contributed by atoms with Crippen molar-refractivity contribution in [2.75, 3.05) is 40.9 Å². The zero-order valence-corrected chi connectivity index (χ0v) is 51.4. The van der Waals surface area contributed by atoms with Gasteiger partial charge in [-0.15, -0.1) is 0 Å². The Hall–Kier alpha value is -1.54. The molecule has 1 amide bonds. The molecule has 0 aliphatic carbocycles. The van der Waals surface area contributed by atoms with Gasteiger partial charge in [0, 0.05) is 6.42 Å². The molecule has 3 atom stereocenters. The standard InChI is InChI=1S/C66H127N2O6P/c1-6-8-10-12-14-16-18-20-22-23-24-25-26-27-28-29-30-31-32-33-34-35-36-37-38-39-40-41-42-43-44-45-46-48-50-52-54-56-58-60-66(70)67-64(63-74-75(71,72)73-62-61-68(3,4)5)65(69)59-57-55-53-51-49-47-21-19-17-15-13-11-9-7-2/h17,19,23-24,49,51,57,59,64-65,69H,6-16,18,20-22,25-48,50,52-56,58,60-63H2,1-5H3,(H-,67,70,71,72)/p+1/b19-17+,24-23-,51-49+,59-57+. The normalized spacial score (nSPS) is 14.1. The van der Waals surface area contributed by atoms with Gasteiger partial charge < -0.3 is 19.8 Å². The number of likely N-dealkylation sites (N-methyl/N-ethyl adjacent to an activating group) is 1. The van der Waals surface area contributed by atoms with Gasteiger partial charge in [-0.05, 0) is 70.6 Å². The van der Waals surface area contributed by atoms with Crippen LogP contribution in [0.2, 0.25) is 0 Å². The van der Waals surface area contributed by atoms with Gasteiger partial charge in [-0.1, -0.05) is 287 Å². The summed E-state index contributed by atoms with van der Waals surface area (Å²) in [5.74, 6) is -0.187. The average molecular weight is 1080 g/mol. The Balaban J connectivity index is 3.89. The van der Waals surface area contributed by atoms with Crippen LogP contribution in [0.25, 0.3) is 0 Å². The minimum absolute atomic E-state index is 0.0543. The lowest BCUT2D eigenvalue weighted by atomic mass is 10.0. The predicted molar refractivity (Wildman–Crippen MR) is 327 cm³/mol. The Kier molecular flexibility index (Phi) is 56.0. The van der Waals surface area contributed by atoms with Crippen LogP contribution < -0.4 is 5.32 Å². The van der Waals surface area contributed by atoms with Crippen molar-refractivity contribution in [2.45, 2.75) is 328 Å². The summed E-state index contributed by atoms with van der Waals surface area (Å²) in [6.07, 6.45) is 77.0. The summed E-state index contributed by atoms with van der Waals surface area (Å²) < 4.78 is 23.7. The van der Waals surface area contributed by atoms with Crippen molar-refractivity contribution in [3.63, 3.8) is 0 Å². The van der Waals surface area contributed by atoms with Gasteiger partial charge in [0.25, 0.3) is 0 Å². The first-order chi connectivity index (χ1) is 36.5. The fourth-order valence-corrected chi connectivity index (χ4v) is 10.4. The highest BCUT2D eigenvalue weighted by molar-refractivity contribution is 7.47. The van der Waals surface area contributed by atoms with Crippen molar-refractivity contribution in [1.82, 2.24) is 5.32 Å². The molecular weight excluding hydrogens is 948 g/mol. The van der Waals surface area contributed by atoms with E-state index in [1.807, 2.05) is 27.2 Å². The minimum atomic E-state index is -4.36. The molecule has 0 heterocycles. The Morgan fingerprint density at radius 2 is 0.733 bits per heavy atom. The summed E-state index contributed by atoms with van der Waals surface area (Å²) in [7, 11) is 1.55. The Morgan fingerprint density at radius 3 is 1.08 bits per heavy atom. The van der Waals surface area contributed by atoms with Crippen LogP contribution in [0.15, 0.2) is 48.6 Å². The number of phosphoric acid groups is 1. The third-order valence-corrected chi connectivity index (χ3v) is 15.7. The highest BCUT2D eigenvalue weighted by atomic mass is 31.2. The van der Waals surface area contributed by atoms with Crippen LogP contribution in [0.5, 0.6) is 0 Å². The van der Waals surface area contributed by atoms with Gasteiger partial charge in [-0.3, -0.25) is 13.8 Å². The van der Waals surface area contributed by atoms with Crippen LogP contribution in [0.1, 0.15) is 316 Å². The maximum absolute atomic E-state index is 13.0. The number of nitrogens with one attached hydrogen (secondary N) is 1. The van der Waals surface area contributed by atoms with Crippen molar-refractivity contribution in [2.24, 2.45) is 0 Å². The number of hydrogen-bond acceptors (Lipinski definition) is 5. The van der Waals surface area contributed by atoms with Crippen LogP contribution in [0.4, 0.5) is 0 Å². The van der Waals surface area contributed by atoms with Gasteiger partial charge in [0.15, 0.2) is 0 Å². The number of carbonyl (C=O) groups is 1.